The number of benzene rings is 2. The fraction of sp³-hybridized carbons (Fsp3) is 0.231. The molecular formula is C26H27N3O5. The maximum absolute atomic E-state index is 12.4. The van der Waals surface area contributed by atoms with Crippen molar-refractivity contribution in [2.45, 2.75) is 32.6 Å². The fourth-order valence-corrected chi connectivity index (χ4v) is 3.00. The van der Waals surface area contributed by atoms with E-state index in [0.29, 0.717) is 29.0 Å². The molecule has 0 radical (unpaired) electrons. The van der Waals surface area contributed by atoms with Crippen LogP contribution in [0.4, 0.5) is 0 Å². The average molecular weight is 462 g/mol. The minimum atomic E-state index is -0.556. The summed E-state index contributed by atoms with van der Waals surface area (Å²) in [7, 11) is 0. The van der Waals surface area contributed by atoms with Crippen LogP contribution in [0.15, 0.2) is 72.1 Å². The summed E-state index contributed by atoms with van der Waals surface area (Å²) in [6.45, 7) is 2.81. The van der Waals surface area contributed by atoms with Crippen molar-refractivity contribution in [2.75, 3.05) is 6.61 Å². The van der Waals surface area contributed by atoms with Gasteiger partial charge < -0.3 is 14.6 Å². The zero-order valence-corrected chi connectivity index (χ0v) is 18.9. The van der Waals surface area contributed by atoms with Gasteiger partial charge in [0.1, 0.15) is 17.2 Å². The Morgan fingerprint density at radius 1 is 0.971 bits per heavy atom. The van der Waals surface area contributed by atoms with E-state index in [2.05, 4.69) is 22.4 Å². The monoisotopic (exact) mass is 461 g/mol. The van der Waals surface area contributed by atoms with Crippen molar-refractivity contribution in [3.63, 3.8) is 0 Å². The van der Waals surface area contributed by atoms with Crippen molar-refractivity contribution in [2.24, 2.45) is 5.10 Å². The quantitative estimate of drug-likeness (QED) is 0.140. The summed E-state index contributed by atoms with van der Waals surface area (Å²) in [6, 6.07) is 14.2. The molecule has 0 saturated heterocycles. The Labute approximate surface area is 198 Å². The van der Waals surface area contributed by atoms with E-state index >= 15 is 0 Å². The van der Waals surface area contributed by atoms with E-state index in [4.69, 9.17) is 9.47 Å². The number of nitrogens with zero attached hydrogens (tertiary/aromatic N) is 2. The minimum Gasteiger partial charge on any atom is -0.507 e. The van der Waals surface area contributed by atoms with Gasteiger partial charge in [-0.1, -0.05) is 26.2 Å². The molecule has 0 saturated carbocycles. The highest BCUT2D eigenvalue weighted by Crippen LogP contribution is 2.23. The Morgan fingerprint density at radius 3 is 2.41 bits per heavy atom. The summed E-state index contributed by atoms with van der Waals surface area (Å²) in [5.41, 5.74) is 3.48. The number of amides is 1. The number of rotatable bonds is 11. The summed E-state index contributed by atoms with van der Waals surface area (Å²) in [5, 5.41) is 14.0. The maximum atomic E-state index is 12.4. The summed E-state index contributed by atoms with van der Waals surface area (Å²) < 4.78 is 11.0. The predicted molar refractivity (Wildman–Crippen MR) is 128 cm³/mol. The van der Waals surface area contributed by atoms with Crippen molar-refractivity contribution in [1.29, 1.82) is 0 Å². The molecule has 0 aliphatic heterocycles. The first-order valence-corrected chi connectivity index (χ1v) is 11.1. The van der Waals surface area contributed by atoms with Gasteiger partial charge in [-0.25, -0.2) is 10.2 Å². The third-order valence-electron chi connectivity index (χ3n) is 4.88. The number of phenolic OH excluding ortho intramolecular Hbond substituents is 1. The molecule has 1 aromatic heterocycles. The Balaban J connectivity index is 1.51. The van der Waals surface area contributed by atoms with Gasteiger partial charge in [0.25, 0.3) is 5.91 Å². The molecule has 0 unspecified atom stereocenters. The average Bonchev–Trinajstić information content (AvgIpc) is 2.86. The largest absolute Gasteiger partial charge is 0.507 e. The van der Waals surface area contributed by atoms with E-state index < -0.39 is 11.9 Å². The molecule has 2 N–H and O–H groups in total. The normalized spacial score (nSPS) is 10.7. The van der Waals surface area contributed by atoms with Crippen LogP contribution in [0.2, 0.25) is 0 Å². The van der Waals surface area contributed by atoms with Gasteiger partial charge >= 0.3 is 5.97 Å². The first-order chi connectivity index (χ1) is 16.6. The molecule has 0 atom stereocenters. The van der Waals surface area contributed by atoms with E-state index in [9.17, 15) is 14.7 Å². The highest BCUT2D eigenvalue weighted by atomic mass is 16.5. The number of ether oxygens (including phenoxy) is 2. The highest BCUT2D eigenvalue weighted by Gasteiger charge is 2.11. The van der Waals surface area contributed by atoms with E-state index in [-0.39, 0.29) is 11.5 Å². The summed E-state index contributed by atoms with van der Waals surface area (Å²) >= 11 is 0. The van der Waals surface area contributed by atoms with Gasteiger partial charge in [0.2, 0.25) is 0 Å². The second-order valence-electron chi connectivity index (χ2n) is 7.48. The van der Waals surface area contributed by atoms with Gasteiger partial charge in [-0.15, -0.1) is 0 Å². The molecule has 3 rings (SSSR count). The second kappa shape index (κ2) is 12.7. The third kappa shape index (κ3) is 7.44. The van der Waals surface area contributed by atoms with Crippen LogP contribution in [0, 0.1) is 0 Å². The Kier molecular flexibility index (Phi) is 9.16. The number of esters is 1. The van der Waals surface area contributed by atoms with E-state index in [0.717, 1.165) is 12.8 Å². The van der Waals surface area contributed by atoms with Crippen molar-refractivity contribution >= 4 is 18.1 Å². The van der Waals surface area contributed by atoms with Crippen LogP contribution in [0.1, 0.15) is 58.9 Å². The zero-order chi connectivity index (χ0) is 24.2. The van der Waals surface area contributed by atoms with E-state index in [1.54, 1.807) is 36.4 Å². The maximum Gasteiger partial charge on any atom is 0.343 e. The van der Waals surface area contributed by atoms with Crippen LogP contribution in [0.25, 0.3) is 0 Å². The van der Waals surface area contributed by atoms with Gasteiger partial charge in [0, 0.05) is 29.6 Å². The van der Waals surface area contributed by atoms with Crippen LogP contribution in [0.5, 0.6) is 17.2 Å². The molecule has 1 amide bonds. The molecule has 3 aromatic rings. The van der Waals surface area contributed by atoms with E-state index in [1.807, 2.05) is 0 Å². The van der Waals surface area contributed by atoms with Crippen LogP contribution in [0.3, 0.4) is 0 Å². The lowest BCUT2D eigenvalue weighted by Crippen LogP contribution is -2.17. The molecule has 8 heteroatoms. The number of aromatic nitrogens is 1. The van der Waals surface area contributed by atoms with Gasteiger partial charge in [-0.3, -0.25) is 9.78 Å². The number of hydrazone groups is 1. The number of aromatic hydroxyl groups is 1. The molecule has 1 heterocycles. The zero-order valence-electron chi connectivity index (χ0n) is 18.9. The number of phenols is 1. The minimum absolute atomic E-state index is 0.154. The molecule has 2 aromatic carbocycles. The first-order valence-electron chi connectivity index (χ1n) is 11.1. The first kappa shape index (κ1) is 24.4. The molecule has 8 nitrogen and oxygen atoms in total. The number of carbonyl (C=O) groups is 2. The van der Waals surface area contributed by atoms with Gasteiger partial charge in [0.15, 0.2) is 0 Å². The van der Waals surface area contributed by atoms with Crippen LogP contribution >= 0.6 is 0 Å². The lowest BCUT2D eigenvalue weighted by Gasteiger charge is -2.08. The molecule has 0 bridgehead atoms. The van der Waals surface area contributed by atoms with Gasteiger partial charge in [-0.2, -0.15) is 5.10 Å². The van der Waals surface area contributed by atoms with Crippen LogP contribution in [-0.4, -0.2) is 34.8 Å². The van der Waals surface area contributed by atoms with Gasteiger partial charge in [-0.05, 0) is 55.0 Å². The number of nitrogens with one attached hydrogen (secondary N) is 1. The van der Waals surface area contributed by atoms with Crippen LogP contribution in [-0.2, 0) is 0 Å². The topological polar surface area (TPSA) is 110 Å². The highest BCUT2D eigenvalue weighted by molar-refractivity contribution is 5.95. The predicted octanol–water partition coefficient (Wildman–Crippen LogP) is 4.73. The van der Waals surface area contributed by atoms with Gasteiger partial charge in [0.05, 0.1) is 18.4 Å². The fourth-order valence-electron chi connectivity index (χ4n) is 3.00. The summed E-state index contributed by atoms with van der Waals surface area (Å²) in [6.07, 6.45) is 8.81. The molecule has 0 spiro atoms. The SMILES string of the molecule is CCCCCCOc1ccc(C(=O)Oc2ccc(/C=N/NC(=O)c3ccncc3)c(O)c2)cc1. The standard InChI is InChI=1S/C26H27N3O5/c1-2-3-4-5-16-33-22-9-6-20(7-10-22)26(32)34-23-11-8-21(24(30)17-23)18-28-29-25(31)19-12-14-27-15-13-19/h6-15,17-18,30H,2-5,16H2,1H3,(H,29,31)/b28-18+. The molecule has 176 valence electrons. The molecule has 0 aliphatic rings. The van der Waals surface area contributed by atoms with Crippen molar-refractivity contribution < 1.29 is 24.2 Å². The Bertz CT molecular complexity index is 1120. The molecule has 34 heavy (non-hydrogen) atoms. The summed E-state index contributed by atoms with van der Waals surface area (Å²) in [5.74, 6) is -0.238. The van der Waals surface area contributed by atoms with E-state index in [1.165, 1.54) is 49.6 Å². The van der Waals surface area contributed by atoms with Crippen molar-refractivity contribution in [1.82, 2.24) is 10.4 Å². The number of unbranched alkanes of at least 4 members (excludes halogenated alkanes) is 3. The number of hydrogen-bond donors (Lipinski definition) is 2. The van der Waals surface area contributed by atoms with Crippen molar-refractivity contribution in [3.8, 4) is 17.2 Å². The number of pyridine rings is 1. The Morgan fingerprint density at radius 2 is 1.71 bits per heavy atom. The smallest absolute Gasteiger partial charge is 0.343 e. The van der Waals surface area contributed by atoms with Crippen LogP contribution < -0.4 is 14.9 Å². The third-order valence-corrected chi connectivity index (χ3v) is 4.88. The lowest BCUT2D eigenvalue weighted by molar-refractivity contribution is 0.0734. The number of carbonyl (C=O) groups excluding carboxylic acids is 2. The number of hydrogen-bond acceptors (Lipinski definition) is 7. The summed E-state index contributed by atoms with van der Waals surface area (Å²) in [4.78, 5) is 28.2. The molecule has 0 fully saturated rings. The Hall–Kier alpha value is -4.20. The lowest BCUT2D eigenvalue weighted by atomic mass is 10.2. The molecule has 0 aliphatic carbocycles. The second-order valence-corrected chi connectivity index (χ2v) is 7.48. The van der Waals surface area contributed by atoms with Crippen molar-refractivity contribution in [3.05, 3.63) is 83.7 Å². The molecular weight excluding hydrogens is 434 g/mol.